The molecular formula is C18H19N3O5S. The number of amides is 1. The Morgan fingerprint density at radius 3 is 2.63 bits per heavy atom. The van der Waals surface area contributed by atoms with E-state index in [9.17, 15) is 23.3 Å². The molecule has 0 aliphatic heterocycles. The predicted octanol–water partition coefficient (Wildman–Crippen LogP) is 1.94. The molecule has 3 rings (SSSR count). The van der Waals surface area contributed by atoms with Crippen LogP contribution in [-0.2, 0) is 34.1 Å². The Morgan fingerprint density at radius 1 is 1.15 bits per heavy atom. The van der Waals surface area contributed by atoms with E-state index in [1.54, 1.807) is 0 Å². The lowest BCUT2D eigenvalue weighted by atomic mass is 10.0. The number of aryl methyl sites for hydroxylation is 3. The number of hydrazine groups is 1. The van der Waals surface area contributed by atoms with Gasteiger partial charge in [-0.15, -0.1) is 4.83 Å². The number of benzene rings is 2. The SMILES string of the molecule is Cc1ccc(S(=O)(=O)NNC(=O)Cc2ccc3c(c2)CCC3)cc1[N+](=O)[O-]. The third-order valence-corrected chi connectivity index (χ3v) is 5.79. The highest BCUT2D eigenvalue weighted by atomic mass is 32.2. The minimum Gasteiger partial charge on any atom is -0.277 e. The summed E-state index contributed by atoms with van der Waals surface area (Å²) in [6.45, 7) is 1.51. The highest BCUT2D eigenvalue weighted by molar-refractivity contribution is 7.89. The summed E-state index contributed by atoms with van der Waals surface area (Å²) in [6, 6.07) is 9.39. The van der Waals surface area contributed by atoms with E-state index < -0.39 is 20.9 Å². The molecule has 0 saturated heterocycles. The topological polar surface area (TPSA) is 118 Å². The zero-order chi connectivity index (χ0) is 19.6. The highest BCUT2D eigenvalue weighted by Gasteiger charge is 2.20. The summed E-state index contributed by atoms with van der Waals surface area (Å²) in [5, 5.41) is 11.0. The van der Waals surface area contributed by atoms with Crippen molar-refractivity contribution in [3.8, 4) is 0 Å². The lowest BCUT2D eigenvalue weighted by Crippen LogP contribution is -2.42. The van der Waals surface area contributed by atoms with Crippen LogP contribution in [0.15, 0.2) is 41.3 Å². The zero-order valence-corrected chi connectivity index (χ0v) is 15.5. The zero-order valence-electron chi connectivity index (χ0n) is 14.7. The second-order valence-corrected chi connectivity index (χ2v) is 8.17. The first-order valence-corrected chi connectivity index (χ1v) is 9.91. The standard InChI is InChI=1S/C18H19N3O5S/c1-12-5-8-16(11-17(12)21(23)24)27(25,26)20-19-18(22)10-13-6-7-14-3-2-4-15(14)9-13/h5-9,11,20H,2-4,10H2,1H3,(H,19,22). The lowest BCUT2D eigenvalue weighted by Gasteiger charge is -2.10. The summed E-state index contributed by atoms with van der Waals surface area (Å²) >= 11 is 0. The van der Waals surface area contributed by atoms with Gasteiger partial charge in [0, 0.05) is 11.6 Å². The van der Waals surface area contributed by atoms with Crippen LogP contribution in [0, 0.1) is 17.0 Å². The Hall–Kier alpha value is -2.78. The van der Waals surface area contributed by atoms with Crippen LogP contribution in [0.5, 0.6) is 0 Å². The number of carbonyl (C=O) groups excluding carboxylic acids is 1. The minimum absolute atomic E-state index is 0.0316. The van der Waals surface area contributed by atoms with E-state index in [2.05, 4.69) is 5.43 Å². The monoisotopic (exact) mass is 389 g/mol. The van der Waals surface area contributed by atoms with Crippen LogP contribution in [-0.4, -0.2) is 19.2 Å². The van der Waals surface area contributed by atoms with Gasteiger partial charge in [-0.05, 0) is 48.9 Å². The molecule has 0 aromatic heterocycles. The fourth-order valence-electron chi connectivity index (χ4n) is 3.10. The van der Waals surface area contributed by atoms with Crippen molar-refractivity contribution in [2.75, 3.05) is 0 Å². The van der Waals surface area contributed by atoms with E-state index in [1.165, 1.54) is 30.2 Å². The molecule has 1 aliphatic rings. The van der Waals surface area contributed by atoms with Crippen molar-refractivity contribution in [1.82, 2.24) is 10.3 Å². The number of sulfonamides is 1. The van der Waals surface area contributed by atoms with Crippen molar-refractivity contribution in [2.45, 2.75) is 37.5 Å². The van der Waals surface area contributed by atoms with E-state index in [-0.39, 0.29) is 17.0 Å². The van der Waals surface area contributed by atoms with Crippen LogP contribution in [0.25, 0.3) is 0 Å². The van der Waals surface area contributed by atoms with Gasteiger partial charge in [-0.3, -0.25) is 20.3 Å². The van der Waals surface area contributed by atoms with Gasteiger partial charge in [0.1, 0.15) is 0 Å². The molecule has 0 heterocycles. The smallest absolute Gasteiger partial charge is 0.273 e. The number of nitrogens with zero attached hydrogens (tertiary/aromatic N) is 1. The van der Waals surface area contributed by atoms with Gasteiger partial charge in [0.05, 0.1) is 16.2 Å². The van der Waals surface area contributed by atoms with Crippen LogP contribution in [0.1, 0.15) is 28.7 Å². The summed E-state index contributed by atoms with van der Waals surface area (Å²) in [5.41, 5.74) is 5.52. The molecule has 0 unspecified atom stereocenters. The number of hydrogen-bond donors (Lipinski definition) is 2. The largest absolute Gasteiger partial charge is 0.277 e. The number of rotatable bonds is 6. The van der Waals surface area contributed by atoms with Gasteiger partial charge in [-0.25, -0.2) is 8.42 Å². The molecule has 27 heavy (non-hydrogen) atoms. The molecule has 9 heteroatoms. The van der Waals surface area contributed by atoms with Gasteiger partial charge < -0.3 is 0 Å². The van der Waals surface area contributed by atoms with Gasteiger partial charge in [0.15, 0.2) is 0 Å². The van der Waals surface area contributed by atoms with Crippen LogP contribution in [0.3, 0.4) is 0 Å². The quantitative estimate of drug-likeness (QED) is 0.578. The lowest BCUT2D eigenvalue weighted by molar-refractivity contribution is -0.385. The molecule has 2 aromatic rings. The molecule has 0 bridgehead atoms. The number of nitro groups is 1. The molecule has 1 aliphatic carbocycles. The number of nitro benzene ring substituents is 1. The van der Waals surface area contributed by atoms with Crippen molar-refractivity contribution in [3.63, 3.8) is 0 Å². The number of hydrogen-bond acceptors (Lipinski definition) is 5. The maximum atomic E-state index is 12.3. The molecule has 0 fully saturated rings. The molecule has 8 nitrogen and oxygen atoms in total. The molecule has 0 radical (unpaired) electrons. The summed E-state index contributed by atoms with van der Waals surface area (Å²) in [5.74, 6) is -0.516. The second-order valence-electron chi connectivity index (χ2n) is 6.49. The molecule has 0 saturated carbocycles. The molecule has 0 spiro atoms. The summed E-state index contributed by atoms with van der Waals surface area (Å²) in [7, 11) is -4.12. The first kappa shape index (κ1) is 19.0. The average Bonchev–Trinajstić information content (AvgIpc) is 3.08. The Morgan fingerprint density at radius 2 is 1.89 bits per heavy atom. The summed E-state index contributed by atoms with van der Waals surface area (Å²) < 4.78 is 24.6. The van der Waals surface area contributed by atoms with E-state index >= 15 is 0 Å². The Balaban J connectivity index is 1.65. The number of fused-ring (bicyclic) bond motifs is 1. The highest BCUT2D eigenvalue weighted by Crippen LogP contribution is 2.23. The maximum Gasteiger partial charge on any atom is 0.273 e. The van der Waals surface area contributed by atoms with Gasteiger partial charge in [-0.2, -0.15) is 0 Å². The van der Waals surface area contributed by atoms with Crippen LogP contribution in [0.4, 0.5) is 5.69 Å². The first-order chi connectivity index (χ1) is 12.8. The van der Waals surface area contributed by atoms with Crippen molar-refractivity contribution >= 4 is 21.6 Å². The van der Waals surface area contributed by atoms with Gasteiger partial charge >= 0.3 is 0 Å². The predicted molar refractivity (Wildman–Crippen MR) is 98.5 cm³/mol. The van der Waals surface area contributed by atoms with E-state index in [4.69, 9.17) is 0 Å². The summed E-state index contributed by atoms with van der Waals surface area (Å²) in [6.07, 6.45) is 3.17. The molecule has 2 aromatic carbocycles. The maximum absolute atomic E-state index is 12.3. The fraction of sp³-hybridized carbons (Fsp3) is 0.278. The van der Waals surface area contributed by atoms with Crippen LogP contribution < -0.4 is 10.3 Å². The van der Waals surface area contributed by atoms with Crippen molar-refractivity contribution in [3.05, 3.63) is 68.8 Å². The number of carbonyl (C=O) groups is 1. The van der Waals surface area contributed by atoms with E-state index in [0.717, 1.165) is 30.9 Å². The minimum atomic E-state index is -4.12. The van der Waals surface area contributed by atoms with Crippen molar-refractivity contribution in [1.29, 1.82) is 0 Å². The summed E-state index contributed by atoms with van der Waals surface area (Å²) in [4.78, 5) is 24.1. The average molecular weight is 389 g/mol. The van der Waals surface area contributed by atoms with E-state index in [0.29, 0.717) is 5.56 Å². The second kappa shape index (κ2) is 7.45. The molecule has 0 atom stereocenters. The third-order valence-electron chi connectivity index (χ3n) is 4.54. The van der Waals surface area contributed by atoms with Gasteiger partial charge in [-0.1, -0.05) is 24.3 Å². The normalized spacial score (nSPS) is 13.2. The van der Waals surface area contributed by atoms with Crippen LogP contribution >= 0.6 is 0 Å². The fourth-order valence-corrected chi connectivity index (χ4v) is 3.98. The molecule has 2 N–H and O–H groups in total. The van der Waals surface area contributed by atoms with Crippen LogP contribution in [0.2, 0.25) is 0 Å². The first-order valence-electron chi connectivity index (χ1n) is 8.42. The molecular weight excluding hydrogens is 370 g/mol. The van der Waals surface area contributed by atoms with E-state index in [1.807, 2.05) is 23.0 Å². The Bertz CT molecular complexity index is 1020. The number of nitrogens with one attached hydrogen (secondary N) is 2. The van der Waals surface area contributed by atoms with Gasteiger partial charge in [0.25, 0.3) is 15.7 Å². The third kappa shape index (κ3) is 4.32. The Labute approximate surface area is 156 Å². The Kier molecular flexibility index (Phi) is 5.24. The molecule has 1 amide bonds. The van der Waals surface area contributed by atoms with Crippen molar-refractivity contribution < 1.29 is 18.1 Å². The molecule has 142 valence electrons. The van der Waals surface area contributed by atoms with Gasteiger partial charge in [0.2, 0.25) is 5.91 Å². The van der Waals surface area contributed by atoms with Crippen molar-refractivity contribution in [2.24, 2.45) is 0 Å².